The van der Waals surface area contributed by atoms with Crippen molar-refractivity contribution in [1.29, 1.82) is 0 Å². The van der Waals surface area contributed by atoms with E-state index < -0.39 is 89.0 Å². The third-order valence-electron chi connectivity index (χ3n) is 12.8. The van der Waals surface area contributed by atoms with Gasteiger partial charge in [0.05, 0.1) is 0 Å². The van der Waals surface area contributed by atoms with E-state index in [0.717, 1.165) is 0 Å². The molecule has 14 rings (SSSR count). The van der Waals surface area contributed by atoms with Gasteiger partial charge in [-0.3, -0.25) is 0 Å². The van der Waals surface area contributed by atoms with Gasteiger partial charge in [0, 0.05) is 41.5 Å². The molecule has 0 spiro atoms. The van der Waals surface area contributed by atoms with Crippen LogP contribution in [0.3, 0.4) is 0 Å². The molecule has 2 radical (unpaired) electrons. The van der Waals surface area contributed by atoms with E-state index in [0.29, 0.717) is 41.5 Å². The van der Waals surface area contributed by atoms with Crippen molar-refractivity contribution in [3.63, 3.8) is 0 Å². The van der Waals surface area contributed by atoms with Crippen LogP contribution in [-0.4, -0.2) is 89.0 Å². The highest BCUT2D eigenvalue weighted by molar-refractivity contribution is 7.11. The summed E-state index contributed by atoms with van der Waals surface area (Å²) in [6.45, 7) is 3.79. The standard InChI is InChI=1S/C50H46O14Si10/c1-65-51-67(43-27-11-3-12-28-43)55-71(47-35-19-7-20-36-47)59-69(45-31-15-5-16-32-45)53-66(2)54-70(46-33-17-6-18-34-46)61-73(63-71,49-39-23-9-24-40-49)57-68(52-65,44-29-13-4-14-30-44)58-74(62-70,50-41-25-10-26-42-50)64-72(56-67,60-69)48-37-21-8-22-38-48/h3-42H,1-2H3. The Bertz CT molecular complexity index is 2780. The molecule has 0 aromatic heterocycles. The predicted octanol–water partition coefficient (Wildman–Crippen LogP) is 3.29. The molecule has 8 aromatic carbocycles. The first-order chi connectivity index (χ1) is 36.1. The molecule has 0 unspecified atom stereocenters. The van der Waals surface area contributed by atoms with Crippen LogP contribution in [0.4, 0.5) is 0 Å². The summed E-state index contributed by atoms with van der Waals surface area (Å²) in [4.78, 5) is 0. The summed E-state index contributed by atoms with van der Waals surface area (Å²) in [5.74, 6) is 0. The van der Waals surface area contributed by atoms with Gasteiger partial charge in [-0.2, -0.15) is 0 Å². The van der Waals surface area contributed by atoms with Crippen molar-refractivity contribution in [3.05, 3.63) is 243 Å². The molecule has 0 aliphatic carbocycles. The van der Waals surface area contributed by atoms with E-state index in [1.165, 1.54) is 0 Å². The summed E-state index contributed by atoms with van der Waals surface area (Å²) in [6.07, 6.45) is 0. The van der Waals surface area contributed by atoms with Crippen molar-refractivity contribution in [3.8, 4) is 0 Å². The van der Waals surface area contributed by atoms with Crippen molar-refractivity contribution in [1.82, 2.24) is 0 Å². The van der Waals surface area contributed by atoms with Gasteiger partial charge in [0.1, 0.15) is 0 Å². The van der Waals surface area contributed by atoms with Gasteiger partial charge < -0.3 is 57.6 Å². The first-order valence-corrected chi connectivity index (χ1v) is 41.4. The van der Waals surface area contributed by atoms with E-state index in [9.17, 15) is 0 Å². The lowest BCUT2D eigenvalue weighted by atomic mass is 10.4. The molecule has 6 saturated heterocycles. The second-order valence-corrected chi connectivity index (χ2v) is 44.7. The molecule has 0 saturated carbocycles. The molecule has 6 aliphatic heterocycles. The topological polar surface area (TPSA) is 129 Å². The maximum Gasteiger partial charge on any atom is 0.515 e. The fourth-order valence-electron chi connectivity index (χ4n) is 9.62. The van der Waals surface area contributed by atoms with E-state index in [1.807, 2.05) is 256 Å². The Hall–Kier alpha value is -4.63. The van der Waals surface area contributed by atoms with Crippen LogP contribution >= 0.6 is 0 Å². The fourth-order valence-corrected chi connectivity index (χ4v) is 60.0. The number of hydrogen-bond acceptors (Lipinski definition) is 14. The monoisotopic (exact) mass is 1150 g/mol. The molecule has 0 N–H and O–H groups in total. The van der Waals surface area contributed by atoms with Gasteiger partial charge in [-0.25, -0.2) is 0 Å². The minimum absolute atomic E-state index is 0.524. The predicted molar refractivity (Wildman–Crippen MR) is 293 cm³/mol. The smallest absolute Gasteiger partial charge is 0.390 e. The molecule has 8 bridgehead atoms. The van der Waals surface area contributed by atoms with Crippen LogP contribution in [-0.2, 0) is 57.6 Å². The SMILES string of the molecule is C[Si]1O[Si]2(c3ccccc3)O[Si]3(c4ccccc4)O[Si]4(c5ccccc5)O[Si](C)O[Si]5(c6ccccc6)O[Si](c6ccccc6)(O[Si](c6ccccc6)(O1)O[Si](c1ccccc1)(O5)O[Si](c1ccccc1)(O2)O4)O3. The van der Waals surface area contributed by atoms with E-state index in [-0.39, 0.29) is 0 Å². The summed E-state index contributed by atoms with van der Waals surface area (Å²) in [7, 11) is -44.4. The van der Waals surface area contributed by atoms with Gasteiger partial charge >= 0.3 is 89.0 Å². The average molecular weight is 1150 g/mol. The zero-order valence-electron chi connectivity index (χ0n) is 39.8. The molecule has 8 aromatic rings. The summed E-state index contributed by atoms with van der Waals surface area (Å²) < 4.78 is 113. The molecule has 74 heavy (non-hydrogen) atoms. The van der Waals surface area contributed by atoms with Crippen LogP contribution < -0.4 is 41.5 Å². The Balaban J connectivity index is 1.29. The molecule has 370 valence electrons. The highest BCUT2D eigenvalue weighted by Crippen LogP contribution is 2.45. The first-order valence-electron chi connectivity index (χ1n) is 24.0. The van der Waals surface area contributed by atoms with Gasteiger partial charge in [0.2, 0.25) is 0 Å². The normalized spacial score (nSPS) is 33.1. The molecule has 24 heteroatoms. The zero-order chi connectivity index (χ0) is 50.0. The largest absolute Gasteiger partial charge is 0.515 e. The lowest BCUT2D eigenvalue weighted by Crippen LogP contribution is -2.92. The lowest BCUT2D eigenvalue weighted by Gasteiger charge is -2.59. The minimum atomic E-state index is -4.98. The average Bonchev–Trinajstić information content (AvgIpc) is 3.46. The fraction of sp³-hybridized carbons (Fsp3) is 0.0400. The highest BCUT2D eigenvalue weighted by atomic mass is 28.6. The summed E-state index contributed by atoms with van der Waals surface area (Å²) >= 11 is 0. The molecular weight excluding hydrogens is 1110 g/mol. The number of rotatable bonds is 8. The lowest BCUT2D eigenvalue weighted by molar-refractivity contribution is 0.0302. The summed E-state index contributed by atoms with van der Waals surface area (Å²) in [5, 5.41) is 4.37. The van der Waals surface area contributed by atoms with Gasteiger partial charge in [0.15, 0.2) is 0 Å². The Kier molecular flexibility index (Phi) is 12.7. The Morgan fingerprint density at radius 3 is 0.459 bits per heavy atom. The quantitative estimate of drug-likeness (QED) is 0.207. The number of fused-ring (bicyclic) bond motifs is 4. The molecule has 6 heterocycles. The van der Waals surface area contributed by atoms with E-state index >= 15 is 0 Å². The van der Waals surface area contributed by atoms with Crippen molar-refractivity contribution in [2.75, 3.05) is 0 Å². The first kappa shape index (κ1) is 49.0. The van der Waals surface area contributed by atoms with Crippen LogP contribution in [0.15, 0.2) is 243 Å². The van der Waals surface area contributed by atoms with Crippen LogP contribution in [0, 0.1) is 0 Å². The second-order valence-electron chi connectivity index (χ2n) is 17.8. The van der Waals surface area contributed by atoms with Crippen molar-refractivity contribution in [2.45, 2.75) is 13.1 Å². The molecule has 0 amide bonds. The summed E-state index contributed by atoms with van der Waals surface area (Å²) in [5.41, 5.74) is 0. The maximum atomic E-state index is 8.31. The summed E-state index contributed by atoms with van der Waals surface area (Å²) in [6, 6.07) is 77.0. The third-order valence-corrected chi connectivity index (χ3v) is 51.5. The van der Waals surface area contributed by atoms with Crippen LogP contribution in [0.1, 0.15) is 0 Å². The Morgan fingerprint density at radius 2 is 0.311 bits per heavy atom. The van der Waals surface area contributed by atoms with Crippen molar-refractivity contribution in [2.24, 2.45) is 0 Å². The van der Waals surface area contributed by atoms with Gasteiger partial charge in [-0.1, -0.05) is 243 Å². The van der Waals surface area contributed by atoms with Gasteiger partial charge in [0.25, 0.3) is 0 Å². The Morgan fingerprint density at radius 1 is 0.189 bits per heavy atom. The molecule has 6 aliphatic rings. The number of benzene rings is 8. The second kappa shape index (κ2) is 19.1. The van der Waals surface area contributed by atoms with E-state index in [1.54, 1.807) is 0 Å². The zero-order valence-corrected chi connectivity index (χ0v) is 49.8. The van der Waals surface area contributed by atoms with Crippen LogP contribution in [0.25, 0.3) is 0 Å². The van der Waals surface area contributed by atoms with E-state index in [4.69, 9.17) is 57.6 Å². The molecule has 0 atom stereocenters. The third kappa shape index (κ3) is 8.45. The van der Waals surface area contributed by atoms with Crippen molar-refractivity contribution >= 4 is 130 Å². The molecule has 14 nitrogen and oxygen atoms in total. The van der Waals surface area contributed by atoms with E-state index in [2.05, 4.69) is 0 Å². The number of hydrogen-bond donors (Lipinski definition) is 0. The van der Waals surface area contributed by atoms with Crippen molar-refractivity contribution < 1.29 is 57.6 Å². The maximum absolute atomic E-state index is 8.31. The molecule has 6 fully saturated rings. The van der Waals surface area contributed by atoms with Crippen LogP contribution in [0.2, 0.25) is 13.1 Å². The van der Waals surface area contributed by atoms with Gasteiger partial charge in [-0.05, 0) is 13.1 Å². The van der Waals surface area contributed by atoms with Gasteiger partial charge in [-0.15, -0.1) is 0 Å². The Labute approximate surface area is 441 Å². The minimum Gasteiger partial charge on any atom is -0.390 e. The highest BCUT2D eigenvalue weighted by Gasteiger charge is 2.82. The molecular formula is C50H46O14Si10. The van der Waals surface area contributed by atoms with Crippen LogP contribution in [0.5, 0.6) is 0 Å².